The maximum absolute atomic E-state index is 12.2. The van der Waals surface area contributed by atoms with Gasteiger partial charge in [0, 0.05) is 5.56 Å². The van der Waals surface area contributed by atoms with Gasteiger partial charge in [0.2, 0.25) is 0 Å². The molecule has 0 bridgehead atoms. The number of esters is 1. The van der Waals surface area contributed by atoms with Crippen LogP contribution in [0, 0.1) is 0 Å². The van der Waals surface area contributed by atoms with E-state index in [1.807, 2.05) is 12.1 Å². The largest absolute Gasteiger partial charge is 0.508 e. The summed E-state index contributed by atoms with van der Waals surface area (Å²) >= 11 is 0. The molecule has 0 unspecified atom stereocenters. The fraction of sp³-hybridized carbons (Fsp3) is 0.167. The third kappa shape index (κ3) is 4.86. The van der Waals surface area contributed by atoms with Crippen molar-refractivity contribution in [1.82, 2.24) is 0 Å². The summed E-state index contributed by atoms with van der Waals surface area (Å²) in [5.41, 5.74) is 3.95. The average molecular weight is 374 g/mol. The molecule has 0 saturated heterocycles. The van der Waals surface area contributed by atoms with Gasteiger partial charge in [0.05, 0.1) is 5.56 Å². The first-order chi connectivity index (χ1) is 13.6. The quantitative estimate of drug-likeness (QED) is 0.464. The molecular weight excluding hydrogens is 352 g/mol. The van der Waals surface area contributed by atoms with Crippen molar-refractivity contribution < 1.29 is 19.4 Å². The molecule has 0 spiro atoms. The summed E-state index contributed by atoms with van der Waals surface area (Å²) < 4.78 is 5.16. The van der Waals surface area contributed by atoms with Crippen LogP contribution in [0.3, 0.4) is 0 Å². The average Bonchev–Trinajstić information content (AvgIpc) is 2.73. The normalized spacial score (nSPS) is 10.5. The van der Waals surface area contributed by atoms with E-state index in [-0.39, 0.29) is 18.1 Å². The molecule has 0 heterocycles. The molecule has 4 nitrogen and oxygen atoms in total. The molecule has 0 aliphatic heterocycles. The molecule has 1 N–H and O–H groups in total. The molecule has 0 atom stereocenters. The number of hydrogen-bond donors (Lipinski definition) is 1. The fourth-order valence-corrected chi connectivity index (χ4v) is 2.90. The van der Waals surface area contributed by atoms with E-state index in [0.29, 0.717) is 11.1 Å². The Labute approximate surface area is 164 Å². The van der Waals surface area contributed by atoms with Gasteiger partial charge in [-0.2, -0.15) is 0 Å². The Morgan fingerprint density at radius 1 is 0.786 bits per heavy atom. The number of carbonyl (C=O) groups excluding carboxylic acids is 2. The van der Waals surface area contributed by atoms with Gasteiger partial charge in [-0.15, -0.1) is 0 Å². The summed E-state index contributed by atoms with van der Waals surface area (Å²) in [5.74, 6) is -0.557. The second-order valence-electron chi connectivity index (χ2n) is 6.57. The second-order valence-corrected chi connectivity index (χ2v) is 6.57. The van der Waals surface area contributed by atoms with E-state index in [1.54, 1.807) is 60.7 Å². The molecule has 0 aliphatic rings. The first kappa shape index (κ1) is 19.4. The molecule has 0 radical (unpaired) electrons. The van der Waals surface area contributed by atoms with Crippen LogP contribution in [0.2, 0.25) is 0 Å². The zero-order chi connectivity index (χ0) is 19.9. The number of aryl methyl sites for hydroxylation is 1. The zero-order valence-electron chi connectivity index (χ0n) is 15.7. The van der Waals surface area contributed by atoms with E-state index >= 15 is 0 Å². The van der Waals surface area contributed by atoms with Gasteiger partial charge in [-0.25, -0.2) is 4.79 Å². The molecule has 4 heteroatoms. The highest BCUT2D eigenvalue weighted by Gasteiger charge is 2.12. The zero-order valence-corrected chi connectivity index (χ0v) is 15.7. The topological polar surface area (TPSA) is 63.6 Å². The summed E-state index contributed by atoms with van der Waals surface area (Å²) in [6, 6.07) is 21.1. The Hall–Kier alpha value is -3.40. The van der Waals surface area contributed by atoms with Crippen molar-refractivity contribution in [2.24, 2.45) is 0 Å². The third-order valence-corrected chi connectivity index (χ3v) is 4.47. The highest BCUT2D eigenvalue weighted by Crippen LogP contribution is 2.22. The Bertz CT molecular complexity index is 939. The van der Waals surface area contributed by atoms with Crippen molar-refractivity contribution in [3.05, 3.63) is 89.5 Å². The van der Waals surface area contributed by atoms with Crippen LogP contribution in [0.4, 0.5) is 0 Å². The Morgan fingerprint density at radius 2 is 1.32 bits per heavy atom. The molecule has 0 aromatic heterocycles. The summed E-state index contributed by atoms with van der Waals surface area (Å²) in [7, 11) is 0. The SMILES string of the molecule is CCCc1ccc(C(=O)COC(=O)c2ccc(-c3ccc(O)cc3)cc2)cc1. The van der Waals surface area contributed by atoms with Gasteiger partial charge < -0.3 is 9.84 Å². The highest BCUT2D eigenvalue weighted by molar-refractivity contribution is 5.99. The maximum Gasteiger partial charge on any atom is 0.338 e. The summed E-state index contributed by atoms with van der Waals surface area (Å²) in [4.78, 5) is 24.4. The van der Waals surface area contributed by atoms with E-state index in [4.69, 9.17) is 4.74 Å². The number of rotatable bonds is 7. The van der Waals surface area contributed by atoms with Crippen molar-refractivity contribution >= 4 is 11.8 Å². The number of aromatic hydroxyl groups is 1. The van der Waals surface area contributed by atoms with E-state index in [2.05, 4.69) is 6.92 Å². The van der Waals surface area contributed by atoms with Crippen molar-refractivity contribution in [3.63, 3.8) is 0 Å². The van der Waals surface area contributed by atoms with Crippen LogP contribution < -0.4 is 0 Å². The molecule has 28 heavy (non-hydrogen) atoms. The fourth-order valence-electron chi connectivity index (χ4n) is 2.90. The van der Waals surface area contributed by atoms with Crippen LogP contribution >= 0.6 is 0 Å². The maximum atomic E-state index is 12.2. The summed E-state index contributed by atoms with van der Waals surface area (Å²) in [6.45, 7) is 1.82. The summed E-state index contributed by atoms with van der Waals surface area (Å²) in [6.07, 6.45) is 2.03. The molecule has 142 valence electrons. The first-order valence-electron chi connectivity index (χ1n) is 9.25. The standard InChI is InChI=1S/C24H22O4/c1-2-3-17-4-6-20(7-5-17)23(26)16-28-24(27)21-10-8-18(9-11-21)19-12-14-22(25)15-13-19/h4-15,25H,2-3,16H2,1H3. The number of phenols is 1. The number of benzene rings is 3. The van der Waals surface area contributed by atoms with E-state index in [1.165, 1.54) is 5.56 Å². The Morgan fingerprint density at radius 3 is 1.89 bits per heavy atom. The summed E-state index contributed by atoms with van der Waals surface area (Å²) in [5, 5.41) is 9.36. The lowest BCUT2D eigenvalue weighted by Gasteiger charge is -2.07. The lowest BCUT2D eigenvalue weighted by Crippen LogP contribution is -2.14. The predicted octanol–water partition coefficient (Wildman–Crippen LogP) is 5.05. The molecule has 3 aromatic carbocycles. The number of ketones is 1. The predicted molar refractivity (Wildman–Crippen MR) is 109 cm³/mol. The molecule has 0 amide bonds. The monoisotopic (exact) mass is 374 g/mol. The van der Waals surface area contributed by atoms with Crippen LogP contribution in [0.1, 0.15) is 39.6 Å². The molecule has 0 fully saturated rings. The van der Waals surface area contributed by atoms with Gasteiger partial charge in [-0.05, 0) is 47.4 Å². The van der Waals surface area contributed by atoms with Crippen molar-refractivity contribution in [2.45, 2.75) is 19.8 Å². The van der Waals surface area contributed by atoms with Crippen LogP contribution in [0.25, 0.3) is 11.1 Å². The Balaban J connectivity index is 1.58. The van der Waals surface area contributed by atoms with Crippen molar-refractivity contribution in [1.29, 1.82) is 0 Å². The third-order valence-electron chi connectivity index (χ3n) is 4.47. The van der Waals surface area contributed by atoms with Gasteiger partial charge in [-0.3, -0.25) is 4.79 Å². The van der Waals surface area contributed by atoms with Crippen LogP contribution in [0.5, 0.6) is 5.75 Å². The van der Waals surface area contributed by atoms with E-state index in [9.17, 15) is 14.7 Å². The smallest absolute Gasteiger partial charge is 0.338 e. The highest BCUT2D eigenvalue weighted by atomic mass is 16.5. The van der Waals surface area contributed by atoms with Crippen LogP contribution in [-0.4, -0.2) is 23.5 Å². The number of phenolic OH excluding ortho intramolecular Hbond substituents is 1. The second kappa shape index (κ2) is 9.00. The lowest BCUT2D eigenvalue weighted by atomic mass is 10.0. The molecule has 3 rings (SSSR count). The molecule has 0 aliphatic carbocycles. The lowest BCUT2D eigenvalue weighted by molar-refractivity contribution is 0.0475. The Kier molecular flexibility index (Phi) is 6.22. The van der Waals surface area contributed by atoms with Gasteiger partial charge >= 0.3 is 5.97 Å². The van der Waals surface area contributed by atoms with Crippen molar-refractivity contribution in [2.75, 3.05) is 6.61 Å². The van der Waals surface area contributed by atoms with Gasteiger partial charge in [0.25, 0.3) is 0 Å². The molecule has 3 aromatic rings. The number of carbonyl (C=O) groups is 2. The van der Waals surface area contributed by atoms with Crippen LogP contribution in [0.15, 0.2) is 72.8 Å². The number of hydrogen-bond acceptors (Lipinski definition) is 4. The van der Waals surface area contributed by atoms with Gasteiger partial charge in [0.15, 0.2) is 12.4 Å². The van der Waals surface area contributed by atoms with E-state index in [0.717, 1.165) is 24.0 Å². The van der Waals surface area contributed by atoms with E-state index < -0.39 is 5.97 Å². The van der Waals surface area contributed by atoms with Gasteiger partial charge in [-0.1, -0.05) is 61.9 Å². The first-order valence-corrected chi connectivity index (χ1v) is 9.25. The van der Waals surface area contributed by atoms with Gasteiger partial charge in [0.1, 0.15) is 5.75 Å². The van der Waals surface area contributed by atoms with Crippen molar-refractivity contribution in [3.8, 4) is 16.9 Å². The minimum Gasteiger partial charge on any atom is -0.508 e. The number of Topliss-reactive ketones (excluding diaryl/α,β-unsaturated/α-hetero) is 1. The molecule has 0 saturated carbocycles. The van der Waals surface area contributed by atoms with Crippen LogP contribution in [-0.2, 0) is 11.2 Å². The number of ether oxygens (including phenoxy) is 1. The minimum absolute atomic E-state index is 0.202. The molecular formula is C24H22O4. The minimum atomic E-state index is -0.534.